The van der Waals surface area contributed by atoms with Gasteiger partial charge in [0.25, 0.3) is 0 Å². The molecule has 19 heavy (non-hydrogen) atoms. The lowest BCUT2D eigenvalue weighted by Gasteiger charge is -1.99. The van der Waals surface area contributed by atoms with E-state index in [9.17, 15) is 0 Å². The number of benzene rings is 1. The van der Waals surface area contributed by atoms with E-state index in [1.54, 1.807) is 0 Å². The molecule has 0 unspecified atom stereocenters. The molecule has 4 N–H and O–H groups in total. The van der Waals surface area contributed by atoms with Gasteiger partial charge in [0.15, 0.2) is 5.96 Å². The van der Waals surface area contributed by atoms with Crippen LogP contribution in [0, 0.1) is 6.92 Å². The van der Waals surface area contributed by atoms with Crippen LogP contribution in [0.25, 0.3) is 5.69 Å². The van der Waals surface area contributed by atoms with E-state index < -0.39 is 0 Å². The summed E-state index contributed by atoms with van der Waals surface area (Å²) >= 11 is 0. The van der Waals surface area contributed by atoms with Crippen molar-refractivity contribution in [3.05, 3.63) is 47.8 Å². The molecule has 1 aromatic heterocycles. The van der Waals surface area contributed by atoms with Gasteiger partial charge in [-0.2, -0.15) is 5.10 Å². The zero-order chi connectivity index (χ0) is 13.7. The average molecular weight is 257 g/mol. The highest BCUT2D eigenvalue weighted by Crippen LogP contribution is 2.13. The van der Waals surface area contributed by atoms with Gasteiger partial charge in [-0.3, -0.25) is 4.99 Å². The molecule has 0 atom stereocenters. The molecule has 1 heterocycles. The van der Waals surface area contributed by atoms with Crippen molar-refractivity contribution in [1.82, 2.24) is 9.78 Å². The van der Waals surface area contributed by atoms with Crippen LogP contribution in [0.4, 0.5) is 0 Å². The normalized spacial score (nSPS) is 10.4. The monoisotopic (exact) mass is 257 g/mol. The summed E-state index contributed by atoms with van der Waals surface area (Å²) < 4.78 is 1.91. The van der Waals surface area contributed by atoms with Crippen LogP contribution < -0.4 is 11.5 Å². The van der Waals surface area contributed by atoms with Gasteiger partial charge >= 0.3 is 0 Å². The van der Waals surface area contributed by atoms with Crippen LogP contribution in [0.1, 0.15) is 17.7 Å². The van der Waals surface area contributed by atoms with Crippen LogP contribution in [-0.4, -0.2) is 22.3 Å². The zero-order valence-electron chi connectivity index (χ0n) is 11.1. The van der Waals surface area contributed by atoms with E-state index >= 15 is 0 Å². The van der Waals surface area contributed by atoms with Gasteiger partial charge in [0.1, 0.15) is 0 Å². The molecular weight excluding hydrogens is 238 g/mol. The SMILES string of the molecule is Cc1nn(-c2ccccc2)cc1CCCN=C(N)N. The molecule has 1 aromatic carbocycles. The third-order valence-corrected chi connectivity index (χ3v) is 2.92. The van der Waals surface area contributed by atoms with Gasteiger partial charge in [-0.15, -0.1) is 0 Å². The second-order valence-electron chi connectivity index (χ2n) is 4.43. The molecule has 2 aromatic rings. The fourth-order valence-corrected chi connectivity index (χ4v) is 1.93. The first-order valence-corrected chi connectivity index (χ1v) is 6.33. The Balaban J connectivity index is 2.03. The molecule has 0 spiro atoms. The maximum atomic E-state index is 5.29. The summed E-state index contributed by atoms with van der Waals surface area (Å²) in [5.74, 6) is 0.150. The van der Waals surface area contributed by atoms with E-state index in [4.69, 9.17) is 11.5 Å². The first kappa shape index (κ1) is 13.1. The van der Waals surface area contributed by atoms with E-state index in [1.807, 2.05) is 41.9 Å². The lowest BCUT2D eigenvalue weighted by atomic mass is 10.1. The van der Waals surface area contributed by atoms with Crippen LogP contribution in [0.5, 0.6) is 0 Å². The number of nitrogens with zero attached hydrogens (tertiary/aromatic N) is 3. The largest absolute Gasteiger partial charge is 0.370 e. The molecule has 0 aliphatic rings. The molecule has 5 nitrogen and oxygen atoms in total. The molecule has 0 amide bonds. The van der Waals surface area contributed by atoms with Gasteiger partial charge in [0.2, 0.25) is 0 Å². The second-order valence-corrected chi connectivity index (χ2v) is 4.43. The standard InChI is InChI=1S/C14H19N5/c1-11-12(6-5-9-17-14(15)16)10-19(18-11)13-7-3-2-4-8-13/h2-4,7-8,10H,5-6,9H2,1H3,(H4,15,16,17). The van der Waals surface area contributed by atoms with Crippen molar-refractivity contribution in [3.63, 3.8) is 0 Å². The maximum absolute atomic E-state index is 5.29. The molecule has 0 saturated carbocycles. The Morgan fingerprint density at radius 2 is 2.00 bits per heavy atom. The minimum atomic E-state index is 0.150. The Morgan fingerprint density at radius 1 is 1.26 bits per heavy atom. The fourth-order valence-electron chi connectivity index (χ4n) is 1.93. The smallest absolute Gasteiger partial charge is 0.185 e. The molecule has 0 bridgehead atoms. The molecule has 0 aliphatic carbocycles. The number of aryl methyl sites for hydroxylation is 2. The highest BCUT2D eigenvalue weighted by molar-refractivity contribution is 5.75. The Hall–Kier alpha value is -2.30. The lowest BCUT2D eigenvalue weighted by Crippen LogP contribution is -2.23. The van der Waals surface area contributed by atoms with Gasteiger partial charge in [-0.1, -0.05) is 18.2 Å². The van der Waals surface area contributed by atoms with Crippen molar-refractivity contribution in [2.75, 3.05) is 6.54 Å². The van der Waals surface area contributed by atoms with Crippen molar-refractivity contribution < 1.29 is 0 Å². The molecule has 0 saturated heterocycles. The predicted molar refractivity (Wildman–Crippen MR) is 77.3 cm³/mol. The average Bonchev–Trinajstić information content (AvgIpc) is 2.77. The van der Waals surface area contributed by atoms with E-state index in [0.717, 1.165) is 24.2 Å². The number of hydrogen-bond acceptors (Lipinski definition) is 2. The quantitative estimate of drug-likeness (QED) is 0.482. The van der Waals surface area contributed by atoms with Gasteiger partial charge in [-0.05, 0) is 37.5 Å². The molecule has 100 valence electrons. The summed E-state index contributed by atoms with van der Waals surface area (Å²) in [6, 6.07) is 10.1. The topological polar surface area (TPSA) is 82.2 Å². The molecule has 0 aliphatic heterocycles. The minimum absolute atomic E-state index is 0.150. The Labute approximate surface area is 112 Å². The number of rotatable bonds is 5. The second kappa shape index (κ2) is 6.04. The van der Waals surface area contributed by atoms with Crippen LogP contribution in [-0.2, 0) is 6.42 Å². The van der Waals surface area contributed by atoms with Crippen LogP contribution in [0.2, 0.25) is 0 Å². The summed E-state index contributed by atoms with van der Waals surface area (Å²) in [7, 11) is 0. The third kappa shape index (κ3) is 3.58. The van der Waals surface area contributed by atoms with E-state index in [0.29, 0.717) is 6.54 Å². The number of aliphatic imine (C=N–C) groups is 1. The van der Waals surface area contributed by atoms with Crippen LogP contribution in [0.3, 0.4) is 0 Å². The van der Waals surface area contributed by atoms with Gasteiger partial charge in [0, 0.05) is 12.7 Å². The maximum Gasteiger partial charge on any atom is 0.185 e. The summed E-state index contributed by atoms with van der Waals surface area (Å²) in [6.45, 7) is 2.67. The highest BCUT2D eigenvalue weighted by Gasteiger charge is 2.05. The Morgan fingerprint density at radius 3 is 2.68 bits per heavy atom. The Kier molecular flexibility index (Phi) is 4.18. The number of para-hydroxylation sites is 1. The molecular formula is C14H19N5. The van der Waals surface area contributed by atoms with Crippen LogP contribution in [0.15, 0.2) is 41.5 Å². The number of hydrogen-bond donors (Lipinski definition) is 2. The first-order valence-electron chi connectivity index (χ1n) is 6.33. The molecule has 0 radical (unpaired) electrons. The fraction of sp³-hybridized carbons (Fsp3) is 0.286. The summed E-state index contributed by atoms with van der Waals surface area (Å²) in [4.78, 5) is 3.98. The summed E-state index contributed by atoms with van der Waals surface area (Å²) in [5.41, 5.74) is 13.9. The van der Waals surface area contributed by atoms with Gasteiger partial charge in [-0.25, -0.2) is 4.68 Å². The van der Waals surface area contributed by atoms with Crippen molar-refractivity contribution in [2.45, 2.75) is 19.8 Å². The zero-order valence-corrected chi connectivity index (χ0v) is 11.1. The number of guanidine groups is 1. The molecule has 2 rings (SSSR count). The summed E-state index contributed by atoms with van der Waals surface area (Å²) in [6.07, 6.45) is 3.91. The van der Waals surface area contributed by atoms with Crippen molar-refractivity contribution in [2.24, 2.45) is 16.5 Å². The molecule has 5 heteroatoms. The first-order chi connectivity index (χ1) is 9.16. The Bertz CT molecular complexity index is 552. The van der Waals surface area contributed by atoms with Crippen molar-refractivity contribution in [1.29, 1.82) is 0 Å². The van der Waals surface area contributed by atoms with Crippen molar-refractivity contribution >= 4 is 5.96 Å². The van der Waals surface area contributed by atoms with Crippen LogP contribution >= 0.6 is 0 Å². The number of aromatic nitrogens is 2. The highest BCUT2D eigenvalue weighted by atomic mass is 15.3. The summed E-state index contributed by atoms with van der Waals surface area (Å²) in [5, 5.41) is 4.53. The van der Waals surface area contributed by atoms with E-state index in [2.05, 4.69) is 16.3 Å². The third-order valence-electron chi connectivity index (χ3n) is 2.92. The minimum Gasteiger partial charge on any atom is -0.370 e. The lowest BCUT2D eigenvalue weighted by molar-refractivity contribution is 0.826. The van der Waals surface area contributed by atoms with E-state index in [1.165, 1.54) is 5.56 Å². The number of nitrogens with two attached hydrogens (primary N) is 2. The van der Waals surface area contributed by atoms with Crippen molar-refractivity contribution in [3.8, 4) is 5.69 Å². The van der Waals surface area contributed by atoms with E-state index in [-0.39, 0.29) is 5.96 Å². The van der Waals surface area contributed by atoms with Gasteiger partial charge < -0.3 is 11.5 Å². The van der Waals surface area contributed by atoms with Gasteiger partial charge in [0.05, 0.1) is 11.4 Å². The predicted octanol–water partition coefficient (Wildman–Crippen LogP) is 1.39. The molecule has 0 fully saturated rings.